The van der Waals surface area contributed by atoms with E-state index in [9.17, 15) is 5.11 Å². The fourth-order valence-corrected chi connectivity index (χ4v) is 3.12. The van der Waals surface area contributed by atoms with Crippen molar-refractivity contribution in [2.75, 3.05) is 34.4 Å². The highest BCUT2D eigenvalue weighted by Gasteiger charge is 2.39. The van der Waals surface area contributed by atoms with Gasteiger partial charge in [-0.1, -0.05) is 0 Å². The molecule has 1 aliphatic heterocycles. The zero-order valence-electron chi connectivity index (χ0n) is 15.8. The van der Waals surface area contributed by atoms with Gasteiger partial charge in [-0.2, -0.15) is 0 Å². The highest BCUT2D eigenvalue weighted by Crippen LogP contribution is 2.44. The fourth-order valence-electron chi connectivity index (χ4n) is 3.12. The molecule has 0 spiro atoms. The summed E-state index contributed by atoms with van der Waals surface area (Å²) in [5, 5.41) is 9.50. The number of aliphatic hydroxyl groups is 1. The summed E-state index contributed by atoms with van der Waals surface area (Å²) in [6.07, 6.45) is 1.30. The molecule has 0 radical (unpaired) electrons. The highest BCUT2D eigenvalue weighted by molar-refractivity contribution is 5.49. The van der Waals surface area contributed by atoms with Crippen molar-refractivity contribution in [3.05, 3.63) is 23.3 Å². The Kier molecular flexibility index (Phi) is 7.07. The van der Waals surface area contributed by atoms with Crippen LogP contribution in [0, 0.1) is 6.92 Å². The van der Waals surface area contributed by atoms with Crippen LogP contribution in [0.2, 0.25) is 0 Å². The average Bonchev–Trinajstić information content (AvgIpc) is 2.58. The standard InChI is InChI=1S/C19H30O6/c1-13-8-17-15(10-16(13)23-11-21-4)14(6-7-20)9-18(25-17)19(2,3)24-12-22-5/h8,10,14,18,20H,6-7,9,11-12H2,1-5H3/t14-,18?/m0/s1. The van der Waals surface area contributed by atoms with Crippen LogP contribution in [0.4, 0.5) is 0 Å². The zero-order valence-corrected chi connectivity index (χ0v) is 15.8. The Morgan fingerprint density at radius 1 is 1.20 bits per heavy atom. The van der Waals surface area contributed by atoms with Crippen LogP contribution in [-0.4, -0.2) is 51.2 Å². The van der Waals surface area contributed by atoms with E-state index < -0.39 is 5.60 Å². The number of aliphatic hydroxyl groups excluding tert-OH is 1. The second-order valence-electron chi connectivity index (χ2n) is 6.91. The summed E-state index contributed by atoms with van der Waals surface area (Å²) in [7, 11) is 3.20. The number of fused-ring (bicyclic) bond motifs is 1. The van der Waals surface area contributed by atoms with Crippen LogP contribution in [0.3, 0.4) is 0 Å². The van der Waals surface area contributed by atoms with Crippen molar-refractivity contribution in [1.82, 2.24) is 0 Å². The molecule has 0 aromatic heterocycles. The molecule has 0 amide bonds. The van der Waals surface area contributed by atoms with E-state index >= 15 is 0 Å². The van der Waals surface area contributed by atoms with Gasteiger partial charge in [-0.05, 0) is 57.2 Å². The summed E-state index contributed by atoms with van der Waals surface area (Å²) >= 11 is 0. The van der Waals surface area contributed by atoms with Crippen LogP contribution in [0.15, 0.2) is 12.1 Å². The SMILES string of the molecule is COCOc1cc2c(cc1C)OC(C(C)(C)OCOC)C[C@@H]2CCO. The van der Waals surface area contributed by atoms with Crippen LogP contribution < -0.4 is 9.47 Å². The third-order valence-corrected chi connectivity index (χ3v) is 4.65. The van der Waals surface area contributed by atoms with E-state index in [4.69, 9.17) is 23.7 Å². The van der Waals surface area contributed by atoms with Crippen molar-refractivity contribution in [3.8, 4) is 11.5 Å². The van der Waals surface area contributed by atoms with Gasteiger partial charge in [0.15, 0.2) is 6.79 Å². The van der Waals surface area contributed by atoms with Gasteiger partial charge >= 0.3 is 0 Å². The maximum atomic E-state index is 9.50. The predicted octanol–water partition coefficient (Wildman–Crippen LogP) is 2.99. The minimum atomic E-state index is -0.499. The summed E-state index contributed by atoms with van der Waals surface area (Å²) in [6, 6.07) is 3.99. The van der Waals surface area contributed by atoms with Gasteiger partial charge in [0, 0.05) is 26.4 Å². The van der Waals surface area contributed by atoms with Crippen molar-refractivity contribution in [1.29, 1.82) is 0 Å². The Morgan fingerprint density at radius 3 is 2.56 bits per heavy atom. The molecule has 6 heteroatoms. The normalized spacial score (nSPS) is 20.1. The van der Waals surface area contributed by atoms with E-state index in [1.165, 1.54) is 0 Å². The molecule has 1 unspecified atom stereocenters. The molecule has 0 fully saturated rings. The van der Waals surface area contributed by atoms with E-state index in [0.717, 1.165) is 29.0 Å². The van der Waals surface area contributed by atoms with E-state index in [1.54, 1.807) is 14.2 Å². The third-order valence-electron chi connectivity index (χ3n) is 4.65. The summed E-state index contributed by atoms with van der Waals surface area (Å²) in [4.78, 5) is 0. The maximum Gasteiger partial charge on any atom is 0.188 e. The molecular weight excluding hydrogens is 324 g/mol. The molecule has 25 heavy (non-hydrogen) atoms. The van der Waals surface area contributed by atoms with Crippen molar-refractivity contribution in [3.63, 3.8) is 0 Å². The number of rotatable bonds is 9. The summed E-state index contributed by atoms with van der Waals surface area (Å²) in [5.41, 5.74) is 1.54. The minimum absolute atomic E-state index is 0.123. The second-order valence-corrected chi connectivity index (χ2v) is 6.91. The molecule has 1 N–H and O–H groups in total. The Morgan fingerprint density at radius 2 is 1.92 bits per heavy atom. The largest absolute Gasteiger partial charge is 0.487 e. The van der Waals surface area contributed by atoms with E-state index in [-0.39, 0.29) is 32.2 Å². The smallest absolute Gasteiger partial charge is 0.188 e. The monoisotopic (exact) mass is 354 g/mol. The lowest BCUT2D eigenvalue weighted by atomic mass is 9.82. The quantitative estimate of drug-likeness (QED) is 0.688. The predicted molar refractivity (Wildman–Crippen MR) is 94.2 cm³/mol. The van der Waals surface area contributed by atoms with E-state index in [1.807, 2.05) is 32.9 Å². The van der Waals surface area contributed by atoms with Crippen LogP contribution >= 0.6 is 0 Å². The summed E-state index contributed by atoms with van der Waals surface area (Å²) in [6.45, 7) is 6.52. The Bertz CT molecular complexity index is 557. The van der Waals surface area contributed by atoms with Crippen molar-refractivity contribution in [2.45, 2.75) is 51.2 Å². The zero-order chi connectivity index (χ0) is 18.4. The topological polar surface area (TPSA) is 66.4 Å². The van der Waals surface area contributed by atoms with Crippen LogP contribution in [-0.2, 0) is 14.2 Å². The Balaban J connectivity index is 2.29. The summed E-state index contributed by atoms with van der Waals surface area (Å²) in [5.74, 6) is 1.78. The molecule has 2 atom stereocenters. The van der Waals surface area contributed by atoms with Gasteiger partial charge in [-0.25, -0.2) is 0 Å². The second kappa shape index (κ2) is 8.85. The Labute approximate surface area is 150 Å². The molecule has 142 valence electrons. The van der Waals surface area contributed by atoms with E-state index in [2.05, 4.69) is 0 Å². The average molecular weight is 354 g/mol. The minimum Gasteiger partial charge on any atom is -0.487 e. The van der Waals surface area contributed by atoms with Crippen molar-refractivity contribution >= 4 is 0 Å². The lowest BCUT2D eigenvalue weighted by molar-refractivity contribution is -0.158. The molecule has 6 nitrogen and oxygen atoms in total. The van der Waals surface area contributed by atoms with Gasteiger partial charge in [-0.15, -0.1) is 0 Å². The lowest BCUT2D eigenvalue weighted by Crippen LogP contribution is -2.46. The molecule has 0 bridgehead atoms. The van der Waals surface area contributed by atoms with Gasteiger partial charge in [0.25, 0.3) is 0 Å². The molecule has 0 saturated heterocycles. The molecule has 0 saturated carbocycles. The molecule has 2 rings (SSSR count). The number of methoxy groups -OCH3 is 2. The first-order chi connectivity index (χ1) is 11.9. The van der Waals surface area contributed by atoms with Gasteiger partial charge in [0.1, 0.15) is 30.0 Å². The van der Waals surface area contributed by atoms with Crippen LogP contribution in [0.5, 0.6) is 11.5 Å². The first kappa shape index (κ1) is 20.0. The van der Waals surface area contributed by atoms with Crippen molar-refractivity contribution < 1.29 is 28.8 Å². The van der Waals surface area contributed by atoms with Crippen LogP contribution in [0.1, 0.15) is 43.7 Å². The summed E-state index contributed by atoms with van der Waals surface area (Å²) < 4.78 is 27.8. The molecule has 0 aliphatic carbocycles. The first-order valence-electron chi connectivity index (χ1n) is 8.59. The molecule has 1 aromatic carbocycles. The third kappa shape index (κ3) is 4.85. The van der Waals surface area contributed by atoms with Gasteiger partial charge in [0.05, 0.1) is 0 Å². The number of hydrogen-bond acceptors (Lipinski definition) is 6. The van der Waals surface area contributed by atoms with Crippen LogP contribution in [0.25, 0.3) is 0 Å². The number of hydrogen-bond donors (Lipinski definition) is 1. The first-order valence-corrected chi connectivity index (χ1v) is 8.59. The van der Waals surface area contributed by atoms with Gasteiger partial charge < -0.3 is 28.8 Å². The van der Waals surface area contributed by atoms with Gasteiger partial charge in [-0.3, -0.25) is 0 Å². The number of aryl methyl sites for hydroxylation is 1. The maximum absolute atomic E-state index is 9.50. The highest BCUT2D eigenvalue weighted by atomic mass is 16.7. The van der Waals surface area contributed by atoms with Gasteiger partial charge in [0.2, 0.25) is 0 Å². The molecular formula is C19H30O6. The molecule has 1 aromatic rings. The Hall–Kier alpha value is -1.34. The molecule has 1 heterocycles. The number of benzene rings is 1. The number of ether oxygens (including phenoxy) is 5. The van der Waals surface area contributed by atoms with E-state index in [0.29, 0.717) is 6.42 Å². The fraction of sp³-hybridized carbons (Fsp3) is 0.684. The van der Waals surface area contributed by atoms with Crippen molar-refractivity contribution in [2.24, 2.45) is 0 Å². The molecule has 1 aliphatic rings. The lowest BCUT2D eigenvalue weighted by Gasteiger charge is -2.40.